The van der Waals surface area contributed by atoms with E-state index in [1.54, 1.807) is 16.9 Å². The van der Waals surface area contributed by atoms with Crippen LogP contribution in [-0.2, 0) is 40.8 Å². The monoisotopic (exact) mass is 1000 g/mol. The van der Waals surface area contributed by atoms with Crippen LogP contribution in [0.25, 0.3) is 0 Å². The lowest BCUT2D eigenvalue weighted by atomic mass is 9.77. The lowest BCUT2D eigenvalue weighted by molar-refractivity contribution is -0.154. The highest BCUT2D eigenvalue weighted by molar-refractivity contribution is 8.03. The number of anilines is 1. The average Bonchev–Trinajstić information content (AvgIpc) is 4.08. The minimum atomic E-state index is -1.03. The van der Waals surface area contributed by atoms with Crippen LogP contribution in [0.1, 0.15) is 51.5 Å². The number of carbonyl (C=O) groups is 4. The van der Waals surface area contributed by atoms with Crippen LogP contribution in [-0.4, -0.2) is 73.8 Å². The lowest BCUT2D eigenvalue weighted by Crippen LogP contribution is -2.71. The largest absolute Gasteiger partial charge is 0.448 e. The number of β-lactam (4-membered cyclic amide) rings is 1. The SMILES string of the molecule is CON=C(C(=O)NC1C(=O)N2C(C(=O)OC(c3ccccc3)c3ccccc3)=C(C=CSc3nnc(CNC(C)=O)s3)CSC12)c1csc(NC(c2ccccc2)(c2ccccc2)c2ccccc2)n1. The van der Waals surface area contributed by atoms with Gasteiger partial charge >= 0.3 is 5.97 Å². The Hall–Kier alpha value is -7.38. The Morgan fingerprint density at radius 3 is 1.97 bits per heavy atom. The number of allylic oxidation sites excluding steroid dienone is 1. The van der Waals surface area contributed by atoms with E-state index < -0.39 is 40.8 Å². The van der Waals surface area contributed by atoms with E-state index in [1.807, 2.05) is 115 Å². The van der Waals surface area contributed by atoms with E-state index in [4.69, 9.17) is 14.6 Å². The van der Waals surface area contributed by atoms with Gasteiger partial charge in [0.05, 0.1) is 6.54 Å². The fourth-order valence-electron chi connectivity index (χ4n) is 8.13. The van der Waals surface area contributed by atoms with Crippen molar-refractivity contribution in [1.29, 1.82) is 0 Å². The van der Waals surface area contributed by atoms with Crippen LogP contribution in [0.4, 0.5) is 5.13 Å². The van der Waals surface area contributed by atoms with E-state index in [9.17, 15) is 19.2 Å². The highest BCUT2D eigenvalue weighted by Crippen LogP contribution is 2.43. The summed E-state index contributed by atoms with van der Waals surface area (Å²) >= 11 is 5.31. The van der Waals surface area contributed by atoms with Gasteiger partial charge in [0.2, 0.25) is 5.91 Å². The quantitative estimate of drug-likeness (QED) is 0.0187. The number of esters is 1. The standard InChI is InChI=1S/C52H44N8O6S4/c1-33(61)53-30-41-57-58-51(70-41)67-29-28-36-31-68-48-43(47(63)60(48)44(36)49(64)66-45(34-18-8-3-9-19-34)35-20-10-4-11-21-35)55-46(62)42(59-65-2)40-32-69-50(54-40)56-52(37-22-12-5-13-23-37,38-24-14-6-15-25-38)39-26-16-7-17-27-39/h3-29,32,43,45,48H,30-31H2,1-2H3,(H,53,61)(H,54,56)(H,55,62). The molecule has 2 atom stereocenters. The first-order valence-electron chi connectivity index (χ1n) is 21.9. The predicted octanol–water partition coefficient (Wildman–Crippen LogP) is 8.68. The van der Waals surface area contributed by atoms with E-state index in [0.29, 0.717) is 25.8 Å². The number of amides is 3. The molecule has 0 aliphatic carbocycles. The summed E-state index contributed by atoms with van der Waals surface area (Å²) in [6.07, 6.45) is 0.978. The lowest BCUT2D eigenvalue weighted by Gasteiger charge is -2.49. The number of hydrogen-bond donors (Lipinski definition) is 3. The van der Waals surface area contributed by atoms with E-state index >= 15 is 0 Å². The van der Waals surface area contributed by atoms with Gasteiger partial charge < -0.3 is 25.5 Å². The van der Waals surface area contributed by atoms with Crippen molar-refractivity contribution in [2.24, 2.45) is 5.16 Å². The second-order valence-electron chi connectivity index (χ2n) is 15.8. The fraction of sp³-hybridized carbons (Fsp3) is 0.154. The molecule has 1 saturated heterocycles. The molecule has 2 unspecified atom stereocenters. The molecule has 2 aliphatic rings. The molecule has 0 spiro atoms. The number of thiazole rings is 1. The molecule has 5 aromatic carbocycles. The Morgan fingerprint density at radius 1 is 0.843 bits per heavy atom. The Balaban J connectivity index is 0.979. The van der Waals surface area contributed by atoms with Gasteiger partial charge in [-0.3, -0.25) is 19.3 Å². The summed E-state index contributed by atoms with van der Waals surface area (Å²) < 4.78 is 6.97. The topological polar surface area (TPSA) is 177 Å². The van der Waals surface area contributed by atoms with Crippen LogP contribution in [0.3, 0.4) is 0 Å². The van der Waals surface area contributed by atoms with Gasteiger partial charge in [0.1, 0.15) is 40.5 Å². The number of benzene rings is 5. The van der Waals surface area contributed by atoms with Gasteiger partial charge in [0.25, 0.3) is 11.8 Å². The van der Waals surface area contributed by atoms with Crippen LogP contribution >= 0.6 is 46.2 Å². The van der Waals surface area contributed by atoms with Crippen molar-refractivity contribution < 1.29 is 28.8 Å². The van der Waals surface area contributed by atoms with Gasteiger partial charge in [-0.05, 0) is 44.9 Å². The number of carbonyl (C=O) groups excluding carboxylic acids is 4. The summed E-state index contributed by atoms with van der Waals surface area (Å²) in [5.41, 5.74) is 4.25. The van der Waals surface area contributed by atoms with Gasteiger partial charge in [-0.15, -0.1) is 33.3 Å². The fourth-order valence-corrected chi connectivity index (χ4v) is 11.8. The number of fused-ring (bicyclic) bond motifs is 1. The molecule has 9 rings (SSSR count). The normalized spacial score (nSPS) is 15.8. The maximum atomic E-state index is 14.6. The summed E-state index contributed by atoms with van der Waals surface area (Å²) in [6, 6.07) is 48.0. The zero-order valence-corrected chi connectivity index (χ0v) is 40.9. The van der Waals surface area contributed by atoms with Crippen molar-refractivity contribution in [3.8, 4) is 0 Å². The summed E-state index contributed by atoms with van der Waals surface area (Å²) in [5.74, 6) is -1.77. The number of oxime groups is 1. The molecule has 0 bridgehead atoms. The van der Waals surface area contributed by atoms with E-state index in [1.165, 1.54) is 65.1 Å². The Labute approximate surface area is 420 Å². The molecule has 2 aromatic heterocycles. The third kappa shape index (κ3) is 10.3. The van der Waals surface area contributed by atoms with Crippen molar-refractivity contribution in [1.82, 2.24) is 30.7 Å². The number of aromatic nitrogens is 3. The number of rotatable bonds is 18. The number of nitrogens with zero attached hydrogens (tertiary/aromatic N) is 5. The molecule has 14 nitrogen and oxygen atoms in total. The zero-order chi connectivity index (χ0) is 48.5. The molecular formula is C52H44N8O6S4. The number of thioether (sulfide) groups is 2. The van der Waals surface area contributed by atoms with Crippen LogP contribution in [0.5, 0.6) is 0 Å². The van der Waals surface area contributed by atoms with Crippen LogP contribution in [0.15, 0.2) is 189 Å². The number of hydrogen-bond acceptors (Lipinski definition) is 15. The molecule has 7 aromatic rings. The summed E-state index contributed by atoms with van der Waals surface area (Å²) in [7, 11) is 1.33. The van der Waals surface area contributed by atoms with Crippen LogP contribution < -0.4 is 16.0 Å². The van der Waals surface area contributed by atoms with Gasteiger partial charge in [0, 0.05) is 18.1 Å². The highest BCUT2D eigenvalue weighted by atomic mass is 32.2. The molecule has 0 radical (unpaired) electrons. The Kier molecular flexibility index (Phi) is 14.9. The van der Waals surface area contributed by atoms with E-state index in [-0.39, 0.29) is 29.6 Å². The van der Waals surface area contributed by atoms with Crippen molar-refractivity contribution in [3.63, 3.8) is 0 Å². The Bertz CT molecular complexity index is 2930. The molecule has 3 N–H and O–H groups in total. The van der Waals surface area contributed by atoms with Gasteiger partial charge in [0.15, 0.2) is 21.3 Å². The first-order chi connectivity index (χ1) is 34.2. The maximum absolute atomic E-state index is 14.6. The second kappa shape index (κ2) is 21.9. The maximum Gasteiger partial charge on any atom is 0.356 e. The van der Waals surface area contributed by atoms with E-state index in [2.05, 4.69) is 67.7 Å². The molecule has 70 heavy (non-hydrogen) atoms. The number of ether oxygens (including phenoxy) is 1. The molecular weight excluding hydrogens is 961 g/mol. The van der Waals surface area contributed by atoms with Gasteiger partial charge in [-0.1, -0.05) is 180 Å². The average molecular weight is 1010 g/mol. The van der Waals surface area contributed by atoms with Crippen molar-refractivity contribution in [2.45, 2.75) is 40.9 Å². The van der Waals surface area contributed by atoms with Crippen LogP contribution in [0.2, 0.25) is 0 Å². The summed E-state index contributed by atoms with van der Waals surface area (Å²) in [5, 5.41) is 25.8. The van der Waals surface area contributed by atoms with E-state index in [0.717, 1.165) is 27.8 Å². The number of nitrogens with one attached hydrogen (secondary N) is 3. The third-order valence-corrected chi connectivity index (χ3v) is 15.2. The molecule has 3 amide bonds. The minimum Gasteiger partial charge on any atom is -0.448 e. The smallest absolute Gasteiger partial charge is 0.356 e. The summed E-state index contributed by atoms with van der Waals surface area (Å²) in [6.45, 7) is 1.69. The van der Waals surface area contributed by atoms with Crippen LogP contribution in [0, 0.1) is 0 Å². The van der Waals surface area contributed by atoms with Gasteiger partial charge in [-0.2, -0.15) is 0 Å². The molecule has 1 fully saturated rings. The van der Waals surface area contributed by atoms with Crippen molar-refractivity contribution in [3.05, 3.63) is 218 Å². The molecule has 0 saturated carbocycles. The Morgan fingerprint density at radius 2 is 1.41 bits per heavy atom. The molecule has 18 heteroatoms. The van der Waals surface area contributed by atoms with Crippen molar-refractivity contribution >= 4 is 80.7 Å². The first-order valence-corrected chi connectivity index (χ1v) is 25.6. The molecule has 4 heterocycles. The third-order valence-electron chi connectivity index (χ3n) is 11.3. The molecule has 2 aliphatic heterocycles. The predicted molar refractivity (Wildman–Crippen MR) is 274 cm³/mol. The highest BCUT2D eigenvalue weighted by Gasteiger charge is 2.55. The second-order valence-corrected chi connectivity index (χ2v) is 19.9. The minimum absolute atomic E-state index is 0.0660. The first kappa shape index (κ1) is 47.7. The van der Waals surface area contributed by atoms with Gasteiger partial charge in [-0.25, -0.2) is 9.78 Å². The van der Waals surface area contributed by atoms with Crippen molar-refractivity contribution in [2.75, 3.05) is 18.2 Å². The molecule has 352 valence electrons. The summed E-state index contributed by atoms with van der Waals surface area (Å²) in [4.78, 5) is 66.2. The zero-order valence-electron chi connectivity index (χ0n) is 37.6.